The van der Waals surface area contributed by atoms with E-state index < -0.39 is 25.3 Å². The Morgan fingerprint density at radius 1 is 1.46 bits per heavy atom. The van der Waals surface area contributed by atoms with Crippen LogP contribution in [0.15, 0.2) is 29.7 Å². The number of methoxy groups -OCH3 is 1. The van der Waals surface area contributed by atoms with Gasteiger partial charge in [-0.2, -0.15) is 0 Å². The number of nitrogens with zero attached hydrogens (tertiary/aromatic N) is 3. The topological polar surface area (TPSA) is 57.5 Å². The van der Waals surface area contributed by atoms with Crippen LogP contribution in [0.3, 0.4) is 0 Å². The molecule has 1 saturated heterocycles. The summed E-state index contributed by atoms with van der Waals surface area (Å²) >= 11 is 0. The second kappa shape index (κ2) is 7.44. The Morgan fingerprint density at radius 3 is 2.62 bits per heavy atom. The monoisotopic (exact) mass is 355 g/mol. The lowest BCUT2D eigenvalue weighted by Crippen LogP contribution is -2.43. The molecule has 0 saturated carbocycles. The fourth-order valence-corrected chi connectivity index (χ4v) is 3.81. The Hall–Kier alpha value is -1.07. The molecular formula is C17H30N3O3P. The predicted molar refractivity (Wildman–Crippen MR) is 102 cm³/mol. The molecule has 2 aliphatic heterocycles. The van der Waals surface area contributed by atoms with E-state index in [1.807, 2.05) is 36.2 Å². The van der Waals surface area contributed by atoms with Crippen LogP contribution in [-0.4, -0.2) is 92.3 Å². The van der Waals surface area contributed by atoms with Gasteiger partial charge < -0.3 is 24.4 Å². The molecule has 0 aromatic heterocycles. The SMILES string of the molecule is C=C1N=C(N(C)C)C=CN1C1OC(CCP(=C)(C)C)[C@@H](O)[C@H]1OC. The highest BCUT2D eigenvalue weighted by atomic mass is 31.2. The standard InChI is InChI=1S/C17H30N3O3P/c1-12-18-14(19(2)3)8-10-20(12)17-16(22-4)15(21)13(23-17)9-11-24(5,6)7/h8,10,13,15-17,21H,1,5,9,11H2,2-4,6-7H3/t13?,15-,16-,17?/m1/s1. The normalized spacial score (nSPS) is 30.7. The summed E-state index contributed by atoms with van der Waals surface area (Å²) in [5, 5.41) is 10.6. The van der Waals surface area contributed by atoms with E-state index in [4.69, 9.17) is 9.47 Å². The molecule has 0 amide bonds. The highest BCUT2D eigenvalue weighted by Crippen LogP contribution is 2.39. The van der Waals surface area contributed by atoms with E-state index in [2.05, 4.69) is 31.2 Å². The number of aliphatic hydroxyl groups is 1. The van der Waals surface area contributed by atoms with E-state index in [9.17, 15) is 5.11 Å². The number of aliphatic imine (C=N–C) groups is 1. The first kappa shape index (κ1) is 19.3. The van der Waals surface area contributed by atoms with Crippen molar-refractivity contribution in [2.45, 2.75) is 31.0 Å². The molecule has 2 unspecified atom stereocenters. The van der Waals surface area contributed by atoms with Gasteiger partial charge in [-0.15, -0.1) is 13.2 Å². The largest absolute Gasteiger partial charge is 0.388 e. The zero-order valence-corrected chi connectivity index (χ0v) is 16.2. The highest BCUT2D eigenvalue weighted by Gasteiger charge is 2.46. The van der Waals surface area contributed by atoms with Gasteiger partial charge in [0.2, 0.25) is 0 Å². The average molecular weight is 355 g/mol. The molecule has 1 fully saturated rings. The van der Waals surface area contributed by atoms with Crippen molar-refractivity contribution in [1.29, 1.82) is 0 Å². The van der Waals surface area contributed by atoms with Crippen LogP contribution in [0.1, 0.15) is 6.42 Å². The Balaban J connectivity index is 2.11. The van der Waals surface area contributed by atoms with E-state index in [0.29, 0.717) is 5.82 Å². The smallest absolute Gasteiger partial charge is 0.164 e. The summed E-state index contributed by atoms with van der Waals surface area (Å²) in [6, 6.07) is 0. The number of hydrogen-bond acceptors (Lipinski definition) is 6. The molecule has 2 heterocycles. The second-order valence-corrected chi connectivity index (χ2v) is 11.5. The van der Waals surface area contributed by atoms with Gasteiger partial charge in [-0.1, -0.05) is 6.58 Å². The van der Waals surface area contributed by atoms with E-state index in [1.54, 1.807) is 7.11 Å². The first-order chi connectivity index (χ1) is 11.1. The lowest BCUT2D eigenvalue weighted by molar-refractivity contribution is -0.0698. The lowest BCUT2D eigenvalue weighted by Gasteiger charge is -2.33. The molecule has 136 valence electrons. The number of rotatable bonds is 5. The molecule has 6 nitrogen and oxygen atoms in total. The number of ether oxygens (including phenoxy) is 2. The van der Waals surface area contributed by atoms with Gasteiger partial charge in [-0.05, 0) is 32.0 Å². The van der Waals surface area contributed by atoms with Gasteiger partial charge in [0, 0.05) is 27.4 Å². The maximum atomic E-state index is 10.6. The fourth-order valence-electron chi connectivity index (χ4n) is 2.85. The van der Waals surface area contributed by atoms with Crippen molar-refractivity contribution in [1.82, 2.24) is 9.80 Å². The Bertz CT molecular complexity index is 582. The minimum absolute atomic E-state index is 0.263. The van der Waals surface area contributed by atoms with Gasteiger partial charge in [-0.25, -0.2) is 4.99 Å². The number of aliphatic hydroxyl groups excluding tert-OH is 1. The molecule has 0 spiro atoms. The molecular weight excluding hydrogens is 325 g/mol. The summed E-state index contributed by atoms with van der Waals surface area (Å²) in [6.45, 7) is 7.23. The van der Waals surface area contributed by atoms with Crippen molar-refractivity contribution >= 4 is 19.0 Å². The van der Waals surface area contributed by atoms with Gasteiger partial charge in [-0.3, -0.25) is 0 Å². The summed E-state index contributed by atoms with van der Waals surface area (Å²) in [5.74, 6) is 1.40. The lowest BCUT2D eigenvalue weighted by atomic mass is 10.1. The van der Waals surface area contributed by atoms with Gasteiger partial charge in [0.15, 0.2) is 6.23 Å². The molecule has 0 radical (unpaired) electrons. The Kier molecular flexibility index (Phi) is 5.97. The molecule has 2 rings (SSSR count). The molecule has 0 aromatic carbocycles. The Morgan fingerprint density at radius 2 is 2.12 bits per heavy atom. The first-order valence-corrected chi connectivity index (χ1v) is 11.1. The van der Waals surface area contributed by atoms with Crippen LogP contribution >= 0.6 is 6.89 Å². The van der Waals surface area contributed by atoms with Crippen molar-refractivity contribution in [3.63, 3.8) is 0 Å². The third kappa shape index (κ3) is 4.31. The summed E-state index contributed by atoms with van der Waals surface area (Å²) in [5.41, 5.74) is 0. The average Bonchev–Trinajstić information content (AvgIpc) is 2.80. The molecule has 0 aromatic rings. The third-order valence-corrected chi connectivity index (χ3v) is 5.73. The maximum absolute atomic E-state index is 10.6. The molecule has 0 aliphatic carbocycles. The van der Waals surface area contributed by atoms with Gasteiger partial charge in [0.25, 0.3) is 0 Å². The van der Waals surface area contributed by atoms with Crippen LogP contribution in [0.4, 0.5) is 0 Å². The summed E-state index contributed by atoms with van der Waals surface area (Å²) in [7, 11) is 5.45. The quantitative estimate of drug-likeness (QED) is 0.757. The van der Waals surface area contributed by atoms with Crippen molar-refractivity contribution in [2.24, 2.45) is 4.99 Å². The minimum atomic E-state index is -1.16. The molecule has 0 bridgehead atoms. The van der Waals surface area contributed by atoms with E-state index in [1.165, 1.54) is 0 Å². The maximum Gasteiger partial charge on any atom is 0.164 e. The van der Waals surface area contributed by atoms with E-state index >= 15 is 0 Å². The highest BCUT2D eigenvalue weighted by molar-refractivity contribution is 7.72. The van der Waals surface area contributed by atoms with Crippen LogP contribution in [0.25, 0.3) is 0 Å². The fraction of sp³-hybridized carbons (Fsp3) is 0.647. The Labute approximate surface area is 145 Å². The molecule has 2 aliphatic rings. The van der Waals surface area contributed by atoms with E-state index in [0.717, 1.165) is 18.4 Å². The van der Waals surface area contributed by atoms with Gasteiger partial charge in [0.05, 0.1) is 6.10 Å². The van der Waals surface area contributed by atoms with Crippen LogP contribution in [0.2, 0.25) is 0 Å². The molecule has 1 N–H and O–H groups in total. The molecule has 7 heteroatoms. The predicted octanol–water partition coefficient (Wildman–Crippen LogP) is 1.45. The van der Waals surface area contributed by atoms with Gasteiger partial charge in [0.1, 0.15) is 23.9 Å². The summed E-state index contributed by atoms with van der Waals surface area (Å²) in [6.07, 6.45) is 7.94. The van der Waals surface area contributed by atoms with Crippen molar-refractivity contribution in [2.75, 3.05) is 40.7 Å². The van der Waals surface area contributed by atoms with Crippen LogP contribution < -0.4 is 0 Å². The zero-order chi connectivity index (χ0) is 18.1. The third-order valence-electron chi connectivity index (χ3n) is 4.26. The van der Waals surface area contributed by atoms with Crippen molar-refractivity contribution in [3.8, 4) is 0 Å². The number of hydrogen-bond donors (Lipinski definition) is 1. The number of amidine groups is 1. The van der Waals surface area contributed by atoms with Crippen molar-refractivity contribution in [3.05, 3.63) is 24.7 Å². The van der Waals surface area contributed by atoms with Crippen molar-refractivity contribution < 1.29 is 14.6 Å². The zero-order valence-electron chi connectivity index (χ0n) is 15.3. The molecule has 4 atom stereocenters. The first-order valence-electron chi connectivity index (χ1n) is 8.09. The minimum Gasteiger partial charge on any atom is -0.388 e. The van der Waals surface area contributed by atoms with Crippen LogP contribution in [0, 0.1) is 0 Å². The van der Waals surface area contributed by atoms with Crippen LogP contribution in [0.5, 0.6) is 0 Å². The summed E-state index contributed by atoms with van der Waals surface area (Å²) < 4.78 is 11.6. The number of likely N-dealkylation sites (N-methyl/N-ethyl adjacent to an activating group) is 1. The van der Waals surface area contributed by atoms with Gasteiger partial charge >= 0.3 is 0 Å². The van der Waals surface area contributed by atoms with E-state index in [-0.39, 0.29) is 6.10 Å². The second-order valence-electron chi connectivity index (χ2n) is 7.21. The summed E-state index contributed by atoms with van der Waals surface area (Å²) in [4.78, 5) is 8.22. The van der Waals surface area contributed by atoms with Crippen LogP contribution in [-0.2, 0) is 9.47 Å². The molecule has 24 heavy (non-hydrogen) atoms.